The Balaban J connectivity index is 0.00000552. The molecule has 0 aromatic heterocycles. The smallest absolute Gasteiger partial charge is 0.336 e. The van der Waals surface area contributed by atoms with E-state index in [0.29, 0.717) is 35.9 Å². The molecule has 244 valence electrons. The van der Waals surface area contributed by atoms with Crippen molar-refractivity contribution >= 4 is 30.0 Å². The molecule has 2 aromatic rings. The Labute approximate surface area is 269 Å². The van der Waals surface area contributed by atoms with Gasteiger partial charge in [-0.05, 0) is 38.5 Å². The zero-order valence-corrected chi connectivity index (χ0v) is 26.9. The van der Waals surface area contributed by atoms with Crippen molar-refractivity contribution in [3.63, 3.8) is 0 Å². The molecule has 1 saturated heterocycles. The summed E-state index contributed by atoms with van der Waals surface area (Å²) in [6.45, 7) is 10.7. The van der Waals surface area contributed by atoms with Crippen molar-refractivity contribution in [2.45, 2.75) is 26.7 Å². The van der Waals surface area contributed by atoms with Gasteiger partial charge in [-0.25, -0.2) is 9.59 Å². The number of nitrogens with zero attached hydrogens (tertiary/aromatic N) is 3. The van der Waals surface area contributed by atoms with E-state index in [0.717, 1.165) is 38.5 Å². The van der Waals surface area contributed by atoms with Crippen LogP contribution < -0.4 is 14.8 Å². The minimum absolute atomic E-state index is 0. The Kier molecular flexibility index (Phi) is 13.2. The highest BCUT2D eigenvalue weighted by Gasteiger charge is 2.38. The van der Waals surface area contributed by atoms with E-state index < -0.39 is 22.8 Å². The lowest BCUT2D eigenvalue weighted by Gasteiger charge is -2.34. The molecule has 2 aliphatic rings. The summed E-state index contributed by atoms with van der Waals surface area (Å²) >= 11 is 0. The highest BCUT2D eigenvalue weighted by Crippen LogP contribution is 2.40. The molecule has 12 nitrogen and oxygen atoms in total. The standard InChI is InChI=1S/C32H40N4O8.ClH/c1-5-42-31(37)28-22(2)33-23(3)29(30(28)24-9-8-10-25(21-24)36(39)40)32(38)44-20-18-35-15-13-34(14-16-35)17-19-43-27-12-7-6-11-26(27)41-4;/h6-12,21,30,33H,5,13-20H2,1-4H3;1H. The Morgan fingerprint density at radius 3 is 2.04 bits per heavy atom. The van der Waals surface area contributed by atoms with Crippen LogP contribution in [0.2, 0.25) is 0 Å². The first-order valence-corrected chi connectivity index (χ1v) is 14.7. The monoisotopic (exact) mass is 644 g/mol. The number of ether oxygens (including phenoxy) is 4. The highest BCUT2D eigenvalue weighted by molar-refractivity contribution is 6.00. The molecule has 2 aromatic carbocycles. The van der Waals surface area contributed by atoms with E-state index in [1.165, 1.54) is 18.2 Å². The van der Waals surface area contributed by atoms with Crippen molar-refractivity contribution < 1.29 is 33.5 Å². The van der Waals surface area contributed by atoms with Gasteiger partial charge in [0, 0.05) is 62.8 Å². The van der Waals surface area contributed by atoms with Crippen LogP contribution in [0.5, 0.6) is 11.5 Å². The van der Waals surface area contributed by atoms with Crippen molar-refractivity contribution in [3.8, 4) is 11.5 Å². The number of carbonyl (C=O) groups excluding carboxylic acids is 2. The van der Waals surface area contributed by atoms with Crippen molar-refractivity contribution in [2.75, 3.05) is 66.2 Å². The van der Waals surface area contributed by atoms with Crippen LogP contribution in [0.25, 0.3) is 0 Å². The number of hydrogen-bond acceptors (Lipinski definition) is 11. The van der Waals surface area contributed by atoms with Gasteiger partial charge in [-0.15, -0.1) is 12.4 Å². The van der Waals surface area contributed by atoms with E-state index in [1.807, 2.05) is 24.3 Å². The molecule has 13 heteroatoms. The number of nitro groups is 1. The van der Waals surface area contributed by atoms with Gasteiger partial charge in [-0.1, -0.05) is 24.3 Å². The topological polar surface area (TPSA) is 133 Å². The summed E-state index contributed by atoms with van der Waals surface area (Å²) in [6, 6.07) is 13.5. The number of rotatable bonds is 13. The van der Waals surface area contributed by atoms with Crippen molar-refractivity contribution in [1.29, 1.82) is 0 Å². The predicted octanol–water partition coefficient (Wildman–Crippen LogP) is 4.06. The first-order chi connectivity index (χ1) is 21.2. The second kappa shape index (κ2) is 16.8. The van der Waals surface area contributed by atoms with Gasteiger partial charge in [0.25, 0.3) is 5.69 Å². The first-order valence-electron chi connectivity index (χ1n) is 14.7. The number of benzene rings is 2. The minimum Gasteiger partial charge on any atom is -0.493 e. The third kappa shape index (κ3) is 8.96. The van der Waals surface area contributed by atoms with Crippen LogP contribution in [0.15, 0.2) is 71.1 Å². The van der Waals surface area contributed by atoms with Gasteiger partial charge in [0.2, 0.25) is 0 Å². The van der Waals surface area contributed by atoms with Crippen LogP contribution in [0.3, 0.4) is 0 Å². The number of hydrogen-bond donors (Lipinski definition) is 1. The fourth-order valence-corrected chi connectivity index (χ4v) is 5.50. The fourth-order valence-electron chi connectivity index (χ4n) is 5.50. The van der Waals surface area contributed by atoms with Crippen molar-refractivity contribution in [2.24, 2.45) is 0 Å². The number of para-hydroxylation sites is 2. The van der Waals surface area contributed by atoms with Gasteiger partial charge >= 0.3 is 11.9 Å². The molecule has 1 atom stereocenters. The van der Waals surface area contributed by atoms with Gasteiger partial charge < -0.3 is 24.3 Å². The van der Waals surface area contributed by atoms with Gasteiger partial charge in [-0.2, -0.15) is 0 Å². The van der Waals surface area contributed by atoms with Crippen LogP contribution in [-0.2, 0) is 19.1 Å². The lowest BCUT2D eigenvalue weighted by molar-refractivity contribution is -0.384. The number of halogens is 1. The summed E-state index contributed by atoms with van der Waals surface area (Å²) < 4.78 is 22.3. The van der Waals surface area contributed by atoms with Gasteiger partial charge in [0.1, 0.15) is 13.2 Å². The van der Waals surface area contributed by atoms with E-state index in [1.54, 1.807) is 33.9 Å². The largest absolute Gasteiger partial charge is 0.493 e. The van der Waals surface area contributed by atoms with E-state index in [9.17, 15) is 19.7 Å². The van der Waals surface area contributed by atoms with E-state index in [-0.39, 0.29) is 42.5 Å². The summed E-state index contributed by atoms with van der Waals surface area (Å²) in [4.78, 5) is 42.2. The molecule has 0 spiro atoms. The quantitative estimate of drug-likeness (QED) is 0.192. The summed E-state index contributed by atoms with van der Waals surface area (Å²) in [5, 5.41) is 14.6. The lowest BCUT2D eigenvalue weighted by Crippen LogP contribution is -2.48. The Bertz CT molecular complexity index is 1420. The molecule has 1 N–H and O–H groups in total. The number of non-ortho nitro benzene ring substituents is 1. The molecular weight excluding hydrogens is 604 g/mol. The average Bonchev–Trinajstić information content (AvgIpc) is 3.01. The zero-order valence-electron chi connectivity index (χ0n) is 26.1. The molecule has 0 radical (unpaired) electrons. The Morgan fingerprint density at radius 1 is 0.889 bits per heavy atom. The minimum atomic E-state index is -0.885. The number of dihydropyridines is 1. The summed E-state index contributed by atoms with van der Waals surface area (Å²) in [5.74, 6) is -0.640. The maximum atomic E-state index is 13.5. The first kappa shape index (κ1) is 35.4. The van der Waals surface area contributed by atoms with Gasteiger partial charge in [0.15, 0.2) is 11.5 Å². The molecule has 0 saturated carbocycles. The maximum Gasteiger partial charge on any atom is 0.336 e. The molecule has 0 amide bonds. The molecule has 4 rings (SSSR count). The Morgan fingerprint density at radius 2 is 1.47 bits per heavy atom. The van der Waals surface area contributed by atoms with Crippen molar-refractivity contribution in [1.82, 2.24) is 15.1 Å². The molecule has 45 heavy (non-hydrogen) atoms. The summed E-state index contributed by atoms with van der Waals surface area (Å²) in [6.07, 6.45) is 0. The molecule has 1 unspecified atom stereocenters. The Hall–Kier alpha value is -4.13. The zero-order chi connectivity index (χ0) is 31.6. The van der Waals surface area contributed by atoms with Crippen LogP contribution in [-0.4, -0.2) is 92.9 Å². The third-order valence-electron chi connectivity index (χ3n) is 7.73. The molecule has 0 aliphatic carbocycles. The SMILES string of the molecule is CCOC(=O)C1=C(C)NC(C)=C(C(=O)OCCN2CCN(CCOc3ccccc3OC)CC2)C1c1cccc([N+](=O)[O-])c1.Cl. The van der Waals surface area contributed by atoms with Gasteiger partial charge in [-0.3, -0.25) is 19.9 Å². The van der Waals surface area contributed by atoms with Crippen LogP contribution >= 0.6 is 12.4 Å². The highest BCUT2D eigenvalue weighted by atomic mass is 35.5. The number of piperazine rings is 1. The van der Waals surface area contributed by atoms with Gasteiger partial charge in [0.05, 0.1) is 35.7 Å². The maximum absolute atomic E-state index is 13.5. The number of nitro benzene ring substituents is 1. The van der Waals surface area contributed by atoms with E-state index in [4.69, 9.17) is 18.9 Å². The number of allylic oxidation sites excluding steroid dienone is 2. The fraction of sp³-hybridized carbons (Fsp3) is 0.438. The number of methoxy groups -OCH3 is 1. The normalized spacial score (nSPS) is 17.2. The molecule has 2 heterocycles. The number of esters is 2. The second-order valence-corrected chi connectivity index (χ2v) is 10.5. The average molecular weight is 645 g/mol. The molecular formula is C32H41ClN4O8. The molecule has 1 fully saturated rings. The summed E-state index contributed by atoms with van der Waals surface area (Å²) in [5.41, 5.74) is 1.76. The second-order valence-electron chi connectivity index (χ2n) is 10.5. The number of carbonyl (C=O) groups is 2. The lowest BCUT2D eigenvalue weighted by atomic mass is 9.80. The molecule has 0 bridgehead atoms. The molecule has 2 aliphatic heterocycles. The van der Waals surface area contributed by atoms with E-state index in [2.05, 4.69) is 15.1 Å². The number of nitrogens with one attached hydrogen (secondary N) is 1. The van der Waals surface area contributed by atoms with E-state index >= 15 is 0 Å². The van der Waals surface area contributed by atoms with Crippen LogP contribution in [0, 0.1) is 10.1 Å². The van der Waals surface area contributed by atoms with Crippen molar-refractivity contribution in [3.05, 3.63) is 86.7 Å². The predicted molar refractivity (Wildman–Crippen MR) is 171 cm³/mol. The third-order valence-corrected chi connectivity index (χ3v) is 7.73. The van der Waals surface area contributed by atoms with Crippen LogP contribution in [0.4, 0.5) is 5.69 Å². The summed E-state index contributed by atoms with van der Waals surface area (Å²) in [7, 11) is 1.62. The van der Waals surface area contributed by atoms with Crippen LogP contribution in [0.1, 0.15) is 32.3 Å².